The molecule has 3 heterocycles. The fraction of sp³-hybridized carbons (Fsp3) is 0.478. The number of hydrogen-bond acceptors (Lipinski definition) is 7. The third-order valence-corrected chi connectivity index (χ3v) is 6.71. The number of piperidine rings is 1. The van der Waals surface area contributed by atoms with Crippen LogP contribution in [0.1, 0.15) is 31.9 Å². The van der Waals surface area contributed by atoms with Crippen LogP contribution in [0.15, 0.2) is 30.6 Å². The maximum Gasteiger partial charge on any atom is 0.322 e. The minimum absolute atomic E-state index is 0.00891. The molecule has 1 unspecified atom stereocenters. The highest BCUT2D eigenvalue weighted by atomic mass is 35.5. The Hall–Kier alpha value is -2.94. The molecule has 33 heavy (non-hydrogen) atoms. The van der Waals surface area contributed by atoms with Crippen molar-refractivity contribution in [1.82, 2.24) is 24.7 Å². The molecule has 5 rings (SSSR count). The highest BCUT2D eigenvalue weighted by Crippen LogP contribution is 2.40. The lowest BCUT2D eigenvalue weighted by Gasteiger charge is -2.38. The molecule has 1 aliphatic heterocycles. The molecule has 0 amide bonds. The molecule has 0 spiro atoms. The van der Waals surface area contributed by atoms with Crippen LogP contribution in [-0.2, 0) is 6.54 Å². The second-order valence-electron chi connectivity index (χ2n) is 8.81. The van der Waals surface area contributed by atoms with Gasteiger partial charge in [0, 0.05) is 43.5 Å². The van der Waals surface area contributed by atoms with Crippen LogP contribution in [0.5, 0.6) is 11.8 Å². The van der Waals surface area contributed by atoms with Gasteiger partial charge in [-0.05, 0) is 50.2 Å². The van der Waals surface area contributed by atoms with E-state index in [9.17, 15) is 4.39 Å². The van der Waals surface area contributed by atoms with E-state index in [-0.39, 0.29) is 5.02 Å². The summed E-state index contributed by atoms with van der Waals surface area (Å²) >= 11 is 5.90. The first-order chi connectivity index (χ1) is 16.0. The number of nitrogens with zero attached hydrogens (tertiary/aromatic N) is 6. The Balaban J connectivity index is 1.31. The largest absolute Gasteiger partial charge is 0.424 e. The molecular formula is C23H27ClFN7O. The van der Waals surface area contributed by atoms with Crippen LogP contribution in [0.4, 0.5) is 16.2 Å². The van der Waals surface area contributed by atoms with Crippen LogP contribution in [0, 0.1) is 24.6 Å². The highest BCUT2D eigenvalue weighted by Gasteiger charge is 2.43. The van der Waals surface area contributed by atoms with Gasteiger partial charge in [0.25, 0.3) is 0 Å². The Morgan fingerprint density at radius 1 is 1.18 bits per heavy atom. The zero-order chi connectivity index (χ0) is 22.9. The van der Waals surface area contributed by atoms with E-state index in [4.69, 9.17) is 16.3 Å². The Morgan fingerprint density at radius 3 is 2.67 bits per heavy atom. The number of anilines is 2. The third kappa shape index (κ3) is 4.59. The Labute approximate surface area is 197 Å². The topological polar surface area (TPSA) is 81.0 Å². The molecular weight excluding hydrogens is 445 g/mol. The maximum absolute atomic E-state index is 13.5. The Kier molecular flexibility index (Phi) is 6.05. The van der Waals surface area contributed by atoms with E-state index in [1.807, 2.05) is 13.0 Å². The maximum atomic E-state index is 13.5. The molecule has 174 valence electrons. The second-order valence-corrected chi connectivity index (χ2v) is 9.22. The summed E-state index contributed by atoms with van der Waals surface area (Å²) in [5.74, 6) is 2.46. The molecule has 1 saturated carbocycles. The van der Waals surface area contributed by atoms with Gasteiger partial charge in [0.15, 0.2) is 0 Å². The van der Waals surface area contributed by atoms with Gasteiger partial charge >= 0.3 is 6.01 Å². The monoisotopic (exact) mass is 471 g/mol. The van der Waals surface area contributed by atoms with E-state index in [1.54, 1.807) is 11.0 Å². The van der Waals surface area contributed by atoms with Crippen LogP contribution >= 0.6 is 11.6 Å². The van der Waals surface area contributed by atoms with Gasteiger partial charge in [-0.15, -0.1) is 5.10 Å². The quantitative estimate of drug-likeness (QED) is 0.535. The Bertz CT molecular complexity index is 1130. The minimum Gasteiger partial charge on any atom is -0.424 e. The van der Waals surface area contributed by atoms with Crippen LogP contribution in [0.25, 0.3) is 0 Å². The number of rotatable bonds is 7. The molecule has 1 saturated heterocycles. The van der Waals surface area contributed by atoms with E-state index in [1.165, 1.54) is 18.2 Å². The summed E-state index contributed by atoms with van der Waals surface area (Å²) in [6.45, 7) is 6.61. The number of aryl methyl sites for hydroxylation is 2. The van der Waals surface area contributed by atoms with Crippen LogP contribution in [0.3, 0.4) is 0 Å². The van der Waals surface area contributed by atoms with Crippen molar-refractivity contribution in [2.24, 2.45) is 11.8 Å². The van der Waals surface area contributed by atoms with Crippen LogP contribution < -0.4 is 15.0 Å². The second kappa shape index (κ2) is 9.13. The smallest absolute Gasteiger partial charge is 0.322 e. The number of fused-ring (bicyclic) bond motifs is 2. The predicted octanol–water partition coefficient (Wildman–Crippen LogP) is 4.70. The van der Waals surface area contributed by atoms with Crippen molar-refractivity contribution in [3.05, 3.63) is 47.1 Å². The van der Waals surface area contributed by atoms with Gasteiger partial charge in [0.2, 0.25) is 5.95 Å². The van der Waals surface area contributed by atoms with E-state index in [2.05, 4.69) is 37.2 Å². The molecule has 10 heteroatoms. The molecule has 0 radical (unpaired) electrons. The number of nitrogens with one attached hydrogen (secondary N) is 1. The van der Waals surface area contributed by atoms with Crippen molar-refractivity contribution in [3.63, 3.8) is 0 Å². The molecule has 3 atom stereocenters. The average Bonchev–Trinajstić information content (AvgIpc) is 3.26. The molecule has 2 bridgehead atoms. The fourth-order valence-electron chi connectivity index (χ4n) is 4.88. The molecule has 1 aliphatic carbocycles. The summed E-state index contributed by atoms with van der Waals surface area (Å²) < 4.78 is 21.1. The van der Waals surface area contributed by atoms with E-state index < -0.39 is 5.82 Å². The first-order valence-electron chi connectivity index (χ1n) is 11.4. The van der Waals surface area contributed by atoms with Crippen LogP contribution in [-0.4, -0.2) is 43.9 Å². The molecule has 1 N–H and O–H groups in total. The van der Waals surface area contributed by atoms with Gasteiger partial charge in [-0.1, -0.05) is 18.5 Å². The van der Waals surface area contributed by atoms with Crippen molar-refractivity contribution in [2.75, 3.05) is 23.3 Å². The lowest BCUT2D eigenvalue weighted by atomic mass is 9.92. The van der Waals surface area contributed by atoms with E-state index in [0.717, 1.165) is 43.9 Å². The van der Waals surface area contributed by atoms with E-state index >= 15 is 0 Å². The van der Waals surface area contributed by atoms with Gasteiger partial charge in [-0.2, -0.15) is 4.98 Å². The number of ether oxygens (including phenoxy) is 1. The summed E-state index contributed by atoms with van der Waals surface area (Å²) in [7, 11) is 0. The number of hydrogen-bond donors (Lipinski definition) is 1. The van der Waals surface area contributed by atoms with Crippen molar-refractivity contribution in [2.45, 2.75) is 45.7 Å². The molecule has 2 fully saturated rings. The summed E-state index contributed by atoms with van der Waals surface area (Å²) in [6, 6.07) is 6.97. The molecule has 8 nitrogen and oxygen atoms in total. The average molecular weight is 472 g/mol. The SMILES string of the molecule is CCCn1nc(NC2[C@@H]3CC[C@H]2CN(c2cc(C)ncn2)C3)nc1Oc1ccc(F)c(Cl)c1. The summed E-state index contributed by atoms with van der Waals surface area (Å²) in [5, 5.41) is 8.24. The molecule has 2 aromatic heterocycles. The lowest BCUT2D eigenvalue weighted by molar-refractivity contribution is 0.374. The van der Waals surface area contributed by atoms with Gasteiger partial charge in [-0.3, -0.25) is 0 Å². The number of benzene rings is 1. The standard InChI is InChI=1S/C23H27ClFN7O/c1-3-8-32-23(33-17-6-7-19(25)18(24)10-17)29-22(30-32)28-21-15-4-5-16(21)12-31(11-15)20-9-14(2)26-13-27-20/h6-7,9-10,13,15-16,21H,3-5,8,11-12H2,1-2H3,(H,28,30)/t15-,16+,21?. The molecule has 1 aromatic carbocycles. The van der Waals surface area contributed by atoms with Gasteiger partial charge < -0.3 is 15.0 Å². The number of halogens is 2. The summed E-state index contributed by atoms with van der Waals surface area (Å²) in [4.78, 5) is 15.7. The normalized spacial score (nSPS) is 21.9. The number of aromatic nitrogens is 5. The van der Waals surface area contributed by atoms with Crippen LogP contribution in [0.2, 0.25) is 5.02 Å². The summed E-state index contributed by atoms with van der Waals surface area (Å²) in [5.41, 5.74) is 0.980. The first kappa shape index (κ1) is 21.9. The van der Waals surface area contributed by atoms with Crippen molar-refractivity contribution >= 4 is 23.4 Å². The summed E-state index contributed by atoms with van der Waals surface area (Å²) in [6.07, 6.45) is 4.84. The van der Waals surface area contributed by atoms with Crippen molar-refractivity contribution < 1.29 is 9.13 Å². The van der Waals surface area contributed by atoms with Gasteiger partial charge in [-0.25, -0.2) is 19.0 Å². The van der Waals surface area contributed by atoms with Gasteiger partial charge in [0.05, 0.1) is 5.02 Å². The molecule has 3 aromatic rings. The Morgan fingerprint density at radius 2 is 1.97 bits per heavy atom. The lowest BCUT2D eigenvalue weighted by Crippen LogP contribution is -2.48. The molecule has 2 aliphatic rings. The zero-order valence-corrected chi connectivity index (χ0v) is 19.5. The minimum atomic E-state index is -0.486. The van der Waals surface area contributed by atoms with E-state index in [0.29, 0.717) is 42.1 Å². The zero-order valence-electron chi connectivity index (χ0n) is 18.7. The first-order valence-corrected chi connectivity index (χ1v) is 11.8. The predicted molar refractivity (Wildman–Crippen MR) is 124 cm³/mol. The van der Waals surface area contributed by atoms with Crippen molar-refractivity contribution in [1.29, 1.82) is 0 Å². The van der Waals surface area contributed by atoms with Gasteiger partial charge in [0.1, 0.15) is 23.7 Å². The fourth-order valence-corrected chi connectivity index (χ4v) is 5.05. The van der Waals surface area contributed by atoms with Crippen molar-refractivity contribution in [3.8, 4) is 11.8 Å². The third-order valence-electron chi connectivity index (χ3n) is 6.42. The highest BCUT2D eigenvalue weighted by molar-refractivity contribution is 6.30.